The smallest absolute Gasteiger partial charge is 0.387 e. The molecule has 0 fully saturated rings. The van der Waals surface area contributed by atoms with E-state index >= 15 is 0 Å². The standard InChI is InChI=1S/C21H24F2N2O3/c1-15(25(2)17-9-5-4-6-10-17)14-24-19(26)13-12-16-8-7-11-18(27-3)20(16)28-21(22)23/h4-13,15,21H,14H2,1-3H3,(H,24,26)/b13-12+. The molecule has 0 spiro atoms. The van der Waals surface area contributed by atoms with Gasteiger partial charge in [0.1, 0.15) is 0 Å². The molecule has 1 amide bonds. The third-order valence-corrected chi connectivity index (χ3v) is 4.25. The maximum atomic E-state index is 12.7. The second-order valence-electron chi connectivity index (χ2n) is 6.13. The van der Waals surface area contributed by atoms with Crippen molar-refractivity contribution < 1.29 is 23.0 Å². The lowest BCUT2D eigenvalue weighted by Crippen LogP contribution is -2.39. The number of carbonyl (C=O) groups excluding carboxylic acids is 1. The van der Waals surface area contributed by atoms with Crippen LogP contribution in [0.3, 0.4) is 0 Å². The molecule has 0 aromatic heterocycles. The molecular weight excluding hydrogens is 366 g/mol. The van der Waals surface area contributed by atoms with Gasteiger partial charge in [0.05, 0.1) is 7.11 Å². The van der Waals surface area contributed by atoms with Crippen molar-refractivity contribution in [3.8, 4) is 11.5 Å². The van der Waals surface area contributed by atoms with Crippen LogP contribution >= 0.6 is 0 Å². The number of alkyl halides is 2. The van der Waals surface area contributed by atoms with Crippen LogP contribution < -0.4 is 19.7 Å². The normalized spacial score (nSPS) is 12.1. The molecule has 0 radical (unpaired) electrons. The van der Waals surface area contributed by atoms with Gasteiger partial charge in [-0.05, 0) is 31.2 Å². The second kappa shape index (κ2) is 10.3. The number of methoxy groups -OCH3 is 1. The number of anilines is 1. The molecule has 0 aliphatic rings. The monoisotopic (exact) mass is 390 g/mol. The van der Waals surface area contributed by atoms with Gasteiger partial charge in [0.15, 0.2) is 11.5 Å². The fraction of sp³-hybridized carbons (Fsp3) is 0.286. The van der Waals surface area contributed by atoms with Gasteiger partial charge in [0, 0.05) is 37.0 Å². The summed E-state index contributed by atoms with van der Waals surface area (Å²) in [5.41, 5.74) is 1.37. The summed E-state index contributed by atoms with van der Waals surface area (Å²) in [6, 6.07) is 14.6. The Labute approximate surface area is 163 Å². The van der Waals surface area contributed by atoms with Gasteiger partial charge in [-0.25, -0.2) is 0 Å². The largest absolute Gasteiger partial charge is 0.493 e. The van der Waals surface area contributed by atoms with Gasteiger partial charge < -0.3 is 19.7 Å². The Kier molecular flexibility index (Phi) is 7.80. The zero-order chi connectivity index (χ0) is 20.5. The predicted molar refractivity (Wildman–Crippen MR) is 106 cm³/mol. The fourth-order valence-electron chi connectivity index (χ4n) is 2.57. The van der Waals surface area contributed by atoms with Crippen molar-refractivity contribution in [3.05, 3.63) is 60.2 Å². The summed E-state index contributed by atoms with van der Waals surface area (Å²) in [6.07, 6.45) is 2.70. The number of hydrogen-bond acceptors (Lipinski definition) is 4. The minimum absolute atomic E-state index is 0.0642. The molecule has 0 saturated carbocycles. The summed E-state index contributed by atoms with van der Waals surface area (Å²) >= 11 is 0. The third kappa shape index (κ3) is 5.97. The lowest BCUT2D eigenvalue weighted by atomic mass is 10.1. The first kappa shape index (κ1) is 21.2. The van der Waals surface area contributed by atoms with Crippen LogP contribution in [0.5, 0.6) is 11.5 Å². The third-order valence-electron chi connectivity index (χ3n) is 4.25. The number of ether oxygens (including phenoxy) is 2. The van der Waals surface area contributed by atoms with E-state index in [0.717, 1.165) is 5.69 Å². The van der Waals surface area contributed by atoms with Gasteiger partial charge in [0.2, 0.25) is 5.91 Å². The van der Waals surface area contributed by atoms with Crippen molar-refractivity contribution in [2.75, 3.05) is 25.6 Å². The molecule has 5 nitrogen and oxygen atoms in total. The van der Waals surface area contributed by atoms with Crippen molar-refractivity contribution in [3.63, 3.8) is 0 Å². The van der Waals surface area contributed by atoms with Crippen molar-refractivity contribution in [2.24, 2.45) is 0 Å². The molecule has 0 saturated heterocycles. The highest BCUT2D eigenvalue weighted by molar-refractivity contribution is 5.92. The molecule has 0 heterocycles. The first-order chi connectivity index (χ1) is 13.4. The molecule has 0 aliphatic carbocycles. The summed E-state index contributed by atoms with van der Waals surface area (Å²) in [4.78, 5) is 14.2. The highest BCUT2D eigenvalue weighted by atomic mass is 19.3. The SMILES string of the molecule is COc1cccc(/C=C/C(=O)NCC(C)N(C)c2ccccc2)c1OC(F)F. The van der Waals surface area contributed by atoms with Crippen LogP contribution in [0.2, 0.25) is 0 Å². The van der Waals surface area contributed by atoms with Gasteiger partial charge in [-0.2, -0.15) is 8.78 Å². The van der Waals surface area contributed by atoms with E-state index < -0.39 is 6.61 Å². The molecular formula is C21H24F2N2O3. The van der Waals surface area contributed by atoms with Crippen molar-refractivity contribution in [1.82, 2.24) is 5.32 Å². The maximum absolute atomic E-state index is 12.7. The van der Waals surface area contributed by atoms with Crippen LogP contribution in [-0.4, -0.2) is 39.3 Å². The molecule has 0 aliphatic heterocycles. The first-order valence-electron chi connectivity index (χ1n) is 8.78. The molecule has 2 aromatic carbocycles. The summed E-state index contributed by atoms with van der Waals surface area (Å²) < 4.78 is 34.9. The number of nitrogens with zero attached hydrogens (tertiary/aromatic N) is 1. The molecule has 28 heavy (non-hydrogen) atoms. The Morgan fingerprint density at radius 1 is 1.18 bits per heavy atom. The fourth-order valence-corrected chi connectivity index (χ4v) is 2.57. The van der Waals surface area contributed by atoms with Crippen LogP contribution in [0.25, 0.3) is 6.08 Å². The van der Waals surface area contributed by atoms with Gasteiger partial charge >= 0.3 is 6.61 Å². The number of benzene rings is 2. The van der Waals surface area contributed by atoms with Crippen LogP contribution in [0.15, 0.2) is 54.6 Å². The molecule has 7 heteroatoms. The van der Waals surface area contributed by atoms with E-state index in [0.29, 0.717) is 12.1 Å². The summed E-state index contributed by atoms with van der Waals surface area (Å²) in [5, 5.41) is 2.80. The van der Waals surface area contributed by atoms with E-state index in [1.807, 2.05) is 44.3 Å². The van der Waals surface area contributed by atoms with Gasteiger partial charge in [-0.15, -0.1) is 0 Å². The minimum Gasteiger partial charge on any atom is -0.493 e. The number of para-hydroxylation sites is 2. The number of nitrogens with one attached hydrogen (secondary N) is 1. The van der Waals surface area contributed by atoms with Gasteiger partial charge in [-0.3, -0.25) is 4.79 Å². The Hall–Kier alpha value is -3.09. The Balaban J connectivity index is 1.98. The summed E-state index contributed by atoms with van der Waals surface area (Å²) in [6.45, 7) is -0.576. The molecule has 1 N–H and O–H groups in total. The molecule has 1 unspecified atom stereocenters. The number of amides is 1. The lowest BCUT2D eigenvalue weighted by molar-refractivity contribution is -0.116. The van der Waals surface area contributed by atoms with Crippen molar-refractivity contribution in [1.29, 1.82) is 0 Å². The average Bonchev–Trinajstić information content (AvgIpc) is 2.70. The highest BCUT2D eigenvalue weighted by Crippen LogP contribution is 2.33. The maximum Gasteiger partial charge on any atom is 0.387 e. The zero-order valence-corrected chi connectivity index (χ0v) is 16.1. The van der Waals surface area contributed by atoms with Crippen LogP contribution in [0.4, 0.5) is 14.5 Å². The number of carbonyl (C=O) groups is 1. The number of likely N-dealkylation sites (N-methyl/N-ethyl adjacent to an activating group) is 1. The van der Waals surface area contributed by atoms with Crippen LogP contribution in [0.1, 0.15) is 12.5 Å². The number of halogens is 2. The van der Waals surface area contributed by atoms with Gasteiger partial charge in [0.25, 0.3) is 0 Å². The molecule has 2 aromatic rings. The first-order valence-corrected chi connectivity index (χ1v) is 8.78. The van der Waals surface area contributed by atoms with E-state index in [2.05, 4.69) is 15.0 Å². The van der Waals surface area contributed by atoms with E-state index in [1.165, 1.54) is 25.3 Å². The lowest BCUT2D eigenvalue weighted by Gasteiger charge is -2.27. The van der Waals surface area contributed by atoms with E-state index in [9.17, 15) is 13.6 Å². The quantitative estimate of drug-likeness (QED) is 0.659. The van der Waals surface area contributed by atoms with E-state index in [-0.39, 0.29) is 23.4 Å². The minimum atomic E-state index is -2.99. The van der Waals surface area contributed by atoms with Crippen molar-refractivity contribution in [2.45, 2.75) is 19.6 Å². The molecule has 0 bridgehead atoms. The second-order valence-corrected chi connectivity index (χ2v) is 6.13. The molecule has 2 rings (SSSR count). The van der Waals surface area contributed by atoms with Crippen LogP contribution in [-0.2, 0) is 4.79 Å². The van der Waals surface area contributed by atoms with Gasteiger partial charge in [-0.1, -0.05) is 30.3 Å². The summed E-state index contributed by atoms with van der Waals surface area (Å²) in [5.74, 6) is -0.277. The zero-order valence-electron chi connectivity index (χ0n) is 16.1. The molecule has 150 valence electrons. The Bertz CT molecular complexity index is 797. The Morgan fingerprint density at radius 3 is 2.54 bits per heavy atom. The predicted octanol–water partition coefficient (Wildman–Crippen LogP) is 3.95. The van der Waals surface area contributed by atoms with Crippen molar-refractivity contribution >= 4 is 17.7 Å². The Morgan fingerprint density at radius 2 is 1.89 bits per heavy atom. The highest BCUT2D eigenvalue weighted by Gasteiger charge is 2.14. The molecule has 1 atom stereocenters. The topological polar surface area (TPSA) is 50.8 Å². The van der Waals surface area contributed by atoms with E-state index in [1.54, 1.807) is 12.1 Å². The summed E-state index contributed by atoms with van der Waals surface area (Å²) in [7, 11) is 3.31. The van der Waals surface area contributed by atoms with E-state index in [4.69, 9.17) is 4.74 Å². The average molecular weight is 390 g/mol. The van der Waals surface area contributed by atoms with Crippen LogP contribution in [0, 0.1) is 0 Å². The number of rotatable bonds is 9. The number of hydrogen-bond donors (Lipinski definition) is 1.